The van der Waals surface area contributed by atoms with Gasteiger partial charge in [-0.25, -0.2) is 4.39 Å². The molecule has 1 aromatic heterocycles. The van der Waals surface area contributed by atoms with Crippen molar-refractivity contribution in [2.75, 3.05) is 0 Å². The van der Waals surface area contributed by atoms with E-state index in [1.54, 1.807) is 18.4 Å². The number of halogens is 1. The molecule has 0 spiro atoms. The highest BCUT2D eigenvalue weighted by atomic mass is 19.1. The molecule has 0 aliphatic heterocycles. The van der Waals surface area contributed by atoms with Gasteiger partial charge in [-0.1, -0.05) is 6.07 Å². The van der Waals surface area contributed by atoms with Crippen molar-refractivity contribution < 1.29 is 8.81 Å². The molecule has 0 aliphatic rings. The second-order valence-electron chi connectivity index (χ2n) is 4.49. The minimum absolute atomic E-state index is 0.0815. The molecule has 0 radical (unpaired) electrons. The second kappa shape index (κ2) is 6.17. The van der Waals surface area contributed by atoms with Crippen molar-refractivity contribution in [1.29, 1.82) is 5.26 Å². The Kier molecular flexibility index (Phi) is 4.32. The maximum atomic E-state index is 13.2. The molecule has 0 bridgehead atoms. The number of nitrogens with one attached hydrogen (secondary N) is 1. The summed E-state index contributed by atoms with van der Waals surface area (Å²) in [5.74, 6) is 0.451. The zero-order valence-corrected chi connectivity index (χ0v) is 10.7. The lowest BCUT2D eigenvalue weighted by atomic mass is 10.1. The fourth-order valence-corrected chi connectivity index (χ4v) is 1.86. The van der Waals surface area contributed by atoms with E-state index in [4.69, 9.17) is 9.68 Å². The van der Waals surface area contributed by atoms with Gasteiger partial charge in [0.2, 0.25) is 0 Å². The Morgan fingerprint density at radius 1 is 1.42 bits per heavy atom. The van der Waals surface area contributed by atoms with Crippen LogP contribution in [0.25, 0.3) is 0 Å². The fourth-order valence-electron chi connectivity index (χ4n) is 1.86. The lowest BCUT2D eigenvalue weighted by molar-refractivity contribution is 0.456. The first-order valence-corrected chi connectivity index (χ1v) is 6.13. The largest absolute Gasteiger partial charge is 0.469 e. The second-order valence-corrected chi connectivity index (χ2v) is 4.49. The quantitative estimate of drug-likeness (QED) is 0.896. The minimum atomic E-state index is -0.477. The SMILES string of the molecule is CC(Cc1ccco1)NCc1ccc(F)c(C#N)c1. The lowest BCUT2D eigenvalue weighted by Crippen LogP contribution is -2.27. The summed E-state index contributed by atoms with van der Waals surface area (Å²) in [5.41, 5.74) is 0.974. The van der Waals surface area contributed by atoms with E-state index in [1.807, 2.05) is 18.2 Å². The van der Waals surface area contributed by atoms with Crippen LogP contribution in [0.15, 0.2) is 41.0 Å². The van der Waals surface area contributed by atoms with Crippen LogP contribution in [0, 0.1) is 17.1 Å². The van der Waals surface area contributed by atoms with Gasteiger partial charge in [0.25, 0.3) is 0 Å². The van der Waals surface area contributed by atoms with Crippen LogP contribution in [0.4, 0.5) is 4.39 Å². The van der Waals surface area contributed by atoms with E-state index in [-0.39, 0.29) is 11.6 Å². The van der Waals surface area contributed by atoms with E-state index in [9.17, 15) is 4.39 Å². The molecule has 1 heterocycles. The third-order valence-electron chi connectivity index (χ3n) is 2.89. The van der Waals surface area contributed by atoms with Crippen LogP contribution in [0.1, 0.15) is 23.8 Å². The summed E-state index contributed by atoms with van der Waals surface area (Å²) in [6, 6.07) is 10.5. The summed E-state index contributed by atoms with van der Waals surface area (Å²) < 4.78 is 18.4. The Morgan fingerprint density at radius 3 is 2.95 bits per heavy atom. The number of benzene rings is 1. The first-order chi connectivity index (χ1) is 9.19. The Labute approximate surface area is 111 Å². The highest BCUT2D eigenvalue weighted by Gasteiger charge is 2.07. The number of rotatable bonds is 5. The van der Waals surface area contributed by atoms with Gasteiger partial charge in [-0.05, 0) is 36.8 Å². The van der Waals surface area contributed by atoms with Crippen LogP contribution in [0.5, 0.6) is 0 Å². The molecule has 1 aromatic carbocycles. The average Bonchev–Trinajstić information content (AvgIpc) is 2.90. The Bertz CT molecular complexity index is 572. The molecule has 4 heteroatoms. The number of hydrogen-bond donors (Lipinski definition) is 1. The van der Waals surface area contributed by atoms with Gasteiger partial charge in [-0.15, -0.1) is 0 Å². The fraction of sp³-hybridized carbons (Fsp3) is 0.267. The zero-order valence-electron chi connectivity index (χ0n) is 10.7. The van der Waals surface area contributed by atoms with Crippen molar-refractivity contribution >= 4 is 0 Å². The highest BCUT2D eigenvalue weighted by Crippen LogP contribution is 2.10. The van der Waals surface area contributed by atoms with Crippen molar-refractivity contribution in [3.05, 3.63) is 59.3 Å². The van der Waals surface area contributed by atoms with Crippen LogP contribution >= 0.6 is 0 Å². The standard InChI is InChI=1S/C15H15FN2O/c1-11(7-14-3-2-6-19-14)18-10-12-4-5-15(16)13(8-12)9-17/h2-6,8,11,18H,7,10H2,1H3. The molecule has 0 aliphatic carbocycles. The molecule has 0 amide bonds. The molecule has 0 saturated carbocycles. The Balaban J connectivity index is 1.90. The van der Waals surface area contributed by atoms with Gasteiger partial charge in [0.1, 0.15) is 17.6 Å². The molecule has 1 unspecified atom stereocenters. The first kappa shape index (κ1) is 13.3. The van der Waals surface area contributed by atoms with Crippen molar-refractivity contribution in [2.24, 2.45) is 0 Å². The molecule has 2 rings (SSSR count). The van der Waals surface area contributed by atoms with Crippen LogP contribution in [0.3, 0.4) is 0 Å². The molecule has 0 saturated heterocycles. The normalized spacial score (nSPS) is 12.1. The average molecular weight is 258 g/mol. The lowest BCUT2D eigenvalue weighted by Gasteiger charge is -2.12. The van der Waals surface area contributed by atoms with Crippen molar-refractivity contribution in [3.8, 4) is 6.07 Å². The van der Waals surface area contributed by atoms with Gasteiger partial charge >= 0.3 is 0 Å². The van der Waals surface area contributed by atoms with Crippen molar-refractivity contribution in [3.63, 3.8) is 0 Å². The Hall–Kier alpha value is -2.12. The van der Waals surface area contributed by atoms with Crippen LogP contribution in [0.2, 0.25) is 0 Å². The highest BCUT2D eigenvalue weighted by molar-refractivity contribution is 5.34. The van der Waals surface area contributed by atoms with Gasteiger partial charge < -0.3 is 9.73 Å². The minimum Gasteiger partial charge on any atom is -0.469 e. The molecular formula is C15H15FN2O. The molecule has 19 heavy (non-hydrogen) atoms. The number of hydrogen-bond acceptors (Lipinski definition) is 3. The van der Waals surface area contributed by atoms with E-state index in [2.05, 4.69) is 12.2 Å². The summed E-state index contributed by atoms with van der Waals surface area (Å²) in [6.07, 6.45) is 2.44. The van der Waals surface area contributed by atoms with Gasteiger partial charge in [0.15, 0.2) is 0 Å². The molecule has 3 nitrogen and oxygen atoms in total. The number of furan rings is 1. The summed E-state index contributed by atoms with van der Waals surface area (Å²) in [5, 5.41) is 12.1. The smallest absolute Gasteiger partial charge is 0.140 e. The summed E-state index contributed by atoms with van der Waals surface area (Å²) >= 11 is 0. The van der Waals surface area contributed by atoms with Gasteiger partial charge in [0.05, 0.1) is 11.8 Å². The molecule has 1 N–H and O–H groups in total. The maximum absolute atomic E-state index is 13.2. The van der Waals surface area contributed by atoms with Crippen LogP contribution < -0.4 is 5.32 Å². The predicted octanol–water partition coefficient (Wildman–Crippen LogP) is 3.01. The summed E-state index contributed by atoms with van der Waals surface area (Å²) in [7, 11) is 0. The first-order valence-electron chi connectivity index (χ1n) is 6.13. The third-order valence-corrected chi connectivity index (χ3v) is 2.89. The van der Waals surface area contributed by atoms with Gasteiger partial charge in [-0.3, -0.25) is 0 Å². The summed E-state index contributed by atoms with van der Waals surface area (Å²) in [4.78, 5) is 0. The number of nitriles is 1. The molecule has 98 valence electrons. The van der Waals surface area contributed by atoms with Crippen molar-refractivity contribution in [2.45, 2.75) is 25.9 Å². The molecule has 2 aromatic rings. The van der Waals surface area contributed by atoms with E-state index in [0.717, 1.165) is 17.7 Å². The van der Waals surface area contributed by atoms with Gasteiger partial charge in [0, 0.05) is 19.0 Å². The molecule has 0 fully saturated rings. The van der Waals surface area contributed by atoms with Crippen molar-refractivity contribution in [1.82, 2.24) is 5.32 Å². The predicted molar refractivity (Wildman–Crippen MR) is 69.8 cm³/mol. The van der Waals surface area contributed by atoms with Crippen LogP contribution in [-0.2, 0) is 13.0 Å². The third kappa shape index (κ3) is 3.67. The summed E-state index contributed by atoms with van der Waals surface area (Å²) in [6.45, 7) is 2.65. The van der Waals surface area contributed by atoms with Gasteiger partial charge in [-0.2, -0.15) is 5.26 Å². The number of nitrogens with zero attached hydrogens (tertiary/aromatic N) is 1. The monoisotopic (exact) mass is 258 g/mol. The van der Waals surface area contributed by atoms with E-state index in [0.29, 0.717) is 6.54 Å². The molecular weight excluding hydrogens is 243 g/mol. The Morgan fingerprint density at radius 2 is 2.26 bits per heavy atom. The van der Waals surface area contributed by atoms with Crippen LogP contribution in [-0.4, -0.2) is 6.04 Å². The van der Waals surface area contributed by atoms with E-state index in [1.165, 1.54) is 6.07 Å². The van der Waals surface area contributed by atoms with E-state index >= 15 is 0 Å². The topological polar surface area (TPSA) is 49.0 Å². The zero-order chi connectivity index (χ0) is 13.7. The van der Waals surface area contributed by atoms with E-state index < -0.39 is 5.82 Å². The molecule has 1 atom stereocenters. The maximum Gasteiger partial charge on any atom is 0.140 e.